The van der Waals surface area contributed by atoms with Gasteiger partial charge in [-0.15, -0.1) is 0 Å². The monoisotopic (exact) mass is 329 g/mol. The quantitative estimate of drug-likeness (QED) is 0.888. The third-order valence-electron chi connectivity index (χ3n) is 5.12. The predicted molar refractivity (Wildman–Crippen MR) is 93.4 cm³/mol. The van der Waals surface area contributed by atoms with E-state index >= 15 is 0 Å². The van der Waals surface area contributed by atoms with Gasteiger partial charge in [0.05, 0.1) is 0 Å². The summed E-state index contributed by atoms with van der Waals surface area (Å²) in [5.41, 5.74) is 0.890. The van der Waals surface area contributed by atoms with E-state index in [9.17, 15) is 9.59 Å². The van der Waals surface area contributed by atoms with Crippen molar-refractivity contribution in [1.29, 1.82) is 0 Å². The van der Waals surface area contributed by atoms with Crippen molar-refractivity contribution in [3.05, 3.63) is 35.9 Å². The molecule has 0 aliphatic carbocycles. The van der Waals surface area contributed by atoms with Gasteiger partial charge in [-0.25, -0.2) is 0 Å². The first-order valence-electron chi connectivity index (χ1n) is 9.05. The molecule has 1 aromatic rings. The van der Waals surface area contributed by atoms with Crippen LogP contribution in [0.15, 0.2) is 30.3 Å². The van der Waals surface area contributed by atoms with E-state index in [2.05, 4.69) is 17.6 Å². The van der Waals surface area contributed by atoms with E-state index in [-0.39, 0.29) is 23.9 Å². The topological polar surface area (TPSA) is 61.4 Å². The van der Waals surface area contributed by atoms with Crippen LogP contribution in [0.2, 0.25) is 0 Å². The molecular weight excluding hydrogens is 302 g/mol. The highest BCUT2D eigenvalue weighted by atomic mass is 16.2. The summed E-state index contributed by atoms with van der Waals surface area (Å²) in [6.07, 6.45) is 4.47. The van der Waals surface area contributed by atoms with E-state index in [1.165, 1.54) is 0 Å². The maximum atomic E-state index is 13.1. The molecule has 130 valence electrons. The van der Waals surface area contributed by atoms with Crippen LogP contribution >= 0.6 is 0 Å². The molecule has 1 aromatic carbocycles. The second-order valence-corrected chi connectivity index (χ2v) is 6.86. The van der Waals surface area contributed by atoms with Gasteiger partial charge in [-0.2, -0.15) is 0 Å². The number of piperidine rings is 2. The van der Waals surface area contributed by atoms with Crippen LogP contribution in [0.3, 0.4) is 0 Å². The van der Waals surface area contributed by atoms with Crippen LogP contribution in [0, 0.1) is 0 Å². The summed E-state index contributed by atoms with van der Waals surface area (Å²) in [5, 5.41) is 6.60. The van der Waals surface area contributed by atoms with E-state index in [0.29, 0.717) is 13.0 Å². The Kier molecular flexibility index (Phi) is 5.51. The van der Waals surface area contributed by atoms with Crippen molar-refractivity contribution in [3.63, 3.8) is 0 Å². The van der Waals surface area contributed by atoms with Gasteiger partial charge in [0, 0.05) is 25.0 Å². The van der Waals surface area contributed by atoms with E-state index in [0.717, 1.165) is 37.8 Å². The molecule has 5 heteroatoms. The number of hydrogen-bond donors (Lipinski definition) is 2. The molecule has 0 aromatic heterocycles. The molecule has 2 saturated heterocycles. The van der Waals surface area contributed by atoms with Crippen LogP contribution in [0.1, 0.15) is 50.6 Å². The Morgan fingerprint density at radius 2 is 2.04 bits per heavy atom. The molecule has 2 aliphatic rings. The molecule has 0 radical (unpaired) electrons. The molecule has 2 aliphatic heterocycles. The Morgan fingerprint density at radius 1 is 1.25 bits per heavy atom. The third kappa shape index (κ3) is 3.78. The molecule has 2 N–H and O–H groups in total. The smallest absolute Gasteiger partial charge is 0.247 e. The summed E-state index contributed by atoms with van der Waals surface area (Å²) in [6.45, 7) is 3.76. The fourth-order valence-electron chi connectivity index (χ4n) is 3.71. The number of likely N-dealkylation sites (tertiary alicyclic amines) is 1. The van der Waals surface area contributed by atoms with E-state index in [4.69, 9.17) is 0 Å². The van der Waals surface area contributed by atoms with Crippen LogP contribution in [0.5, 0.6) is 0 Å². The van der Waals surface area contributed by atoms with Gasteiger partial charge in [-0.3, -0.25) is 9.59 Å². The van der Waals surface area contributed by atoms with Gasteiger partial charge in [-0.1, -0.05) is 30.3 Å². The normalized spacial score (nSPS) is 26.0. The summed E-state index contributed by atoms with van der Waals surface area (Å²) in [7, 11) is 0. The van der Waals surface area contributed by atoms with Crippen LogP contribution < -0.4 is 10.6 Å². The zero-order valence-corrected chi connectivity index (χ0v) is 14.3. The van der Waals surface area contributed by atoms with Crippen LogP contribution in [-0.2, 0) is 9.59 Å². The largest absolute Gasteiger partial charge is 0.350 e. The molecule has 2 fully saturated rings. The molecule has 3 atom stereocenters. The van der Waals surface area contributed by atoms with E-state index < -0.39 is 6.04 Å². The minimum absolute atomic E-state index is 0.0583. The van der Waals surface area contributed by atoms with Crippen molar-refractivity contribution in [2.45, 2.75) is 57.2 Å². The molecule has 0 spiro atoms. The van der Waals surface area contributed by atoms with Gasteiger partial charge in [0.2, 0.25) is 11.8 Å². The zero-order valence-electron chi connectivity index (χ0n) is 14.3. The average molecular weight is 329 g/mol. The van der Waals surface area contributed by atoms with E-state index in [1.807, 2.05) is 30.3 Å². The van der Waals surface area contributed by atoms with Gasteiger partial charge in [0.1, 0.15) is 6.04 Å². The number of nitrogens with zero attached hydrogens (tertiary/aromatic N) is 1. The number of hydrogen-bond acceptors (Lipinski definition) is 3. The lowest BCUT2D eigenvalue weighted by molar-refractivity contribution is -0.143. The fourth-order valence-corrected chi connectivity index (χ4v) is 3.71. The van der Waals surface area contributed by atoms with Crippen LogP contribution in [0.4, 0.5) is 0 Å². The first kappa shape index (κ1) is 17.0. The van der Waals surface area contributed by atoms with Crippen molar-refractivity contribution in [2.75, 3.05) is 13.1 Å². The summed E-state index contributed by atoms with van der Waals surface area (Å²) < 4.78 is 0. The lowest BCUT2D eigenvalue weighted by atomic mass is 9.97. The number of rotatable bonds is 4. The zero-order chi connectivity index (χ0) is 16.9. The van der Waals surface area contributed by atoms with Gasteiger partial charge in [0.25, 0.3) is 0 Å². The summed E-state index contributed by atoms with van der Waals surface area (Å²) in [5.74, 6) is 0.0251. The molecule has 2 amide bonds. The summed E-state index contributed by atoms with van der Waals surface area (Å²) in [4.78, 5) is 27.2. The molecule has 0 bridgehead atoms. The number of benzene rings is 1. The predicted octanol–water partition coefficient (Wildman–Crippen LogP) is 2.00. The highest BCUT2D eigenvalue weighted by Crippen LogP contribution is 2.26. The van der Waals surface area contributed by atoms with Crippen molar-refractivity contribution in [3.8, 4) is 0 Å². The Balaban J connectivity index is 1.81. The molecular formula is C19H27N3O2. The maximum Gasteiger partial charge on any atom is 0.247 e. The Bertz CT molecular complexity index is 575. The number of carbonyl (C=O) groups is 2. The molecule has 3 unspecified atom stereocenters. The summed E-state index contributed by atoms with van der Waals surface area (Å²) in [6, 6.07) is 9.53. The minimum atomic E-state index is -0.520. The first-order valence-corrected chi connectivity index (χ1v) is 9.05. The number of amides is 2. The highest BCUT2D eigenvalue weighted by molar-refractivity contribution is 5.89. The van der Waals surface area contributed by atoms with Gasteiger partial charge < -0.3 is 15.5 Å². The average Bonchev–Trinajstić information content (AvgIpc) is 2.60. The van der Waals surface area contributed by atoms with Gasteiger partial charge in [-0.05, 0) is 44.7 Å². The lowest BCUT2D eigenvalue weighted by Gasteiger charge is -2.37. The first-order chi connectivity index (χ1) is 11.7. The Labute approximate surface area is 143 Å². The second kappa shape index (κ2) is 7.79. The standard InChI is InChI=1S/C19H27N3O2/c1-14-16(10-7-12-20-14)21-19(24)18(15-8-3-2-4-9-15)22-13-6-5-11-17(22)23/h2-4,8-9,14,16,18,20H,5-7,10-13H2,1H3,(H,21,24). The summed E-state index contributed by atoms with van der Waals surface area (Å²) >= 11 is 0. The van der Waals surface area contributed by atoms with Gasteiger partial charge in [0.15, 0.2) is 0 Å². The van der Waals surface area contributed by atoms with Crippen molar-refractivity contribution >= 4 is 11.8 Å². The molecule has 24 heavy (non-hydrogen) atoms. The van der Waals surface area contributed by atoms with Crippen molar-refractivity contribution < 1.29 is 9.59 Å². The van der Waals surface area contributed by atoms with E-state index in [1.54, 1.807) is 4.90 Å². The highest BCUT2D eigenvalue weighted by Gasteiger charge is 2.34. The Hall–Kier alpha value is -1.88. The van der Waals surface area contributed by atoms with Gasteiger partial charge >= 0.3 is 0 Å². The molecule has 0 saturated carbocycles. The minimum Gasteiger partial charge on any atom is -0.350 e. The fraction of sp³-hybridized carbons (Fsp3) is 0.579. The van der Waals surface area contributed by atoms with Crippen LogP contribution in [-0.4, -0.2) is 41.9 Å². The van der Waals surface area contributed by atoms with Crippen LogP contribution in [0.25, 0.3) is 0 Å². The molecule has 3 rings (SSSR count). The third-order valence-corrected chi connectivity index (χ3v) is 5.12. The lowest BCUT2D eigenvalue weighted by Crippen LogP contribution is -2.55. The molecule has 5 nitrogen and oxygen atoms in total. The number of carbonyl (C=O) groups excluding carboxylic acids is 2. The second-order valence-electron chi connectivity index (χ2n) is 6.86. The van der Waals surface area contributed by atoms with Crippen molar-refractivity contribution in [1.82, 2.24) is 15.5 Å². The SMILES string of the molecule is CC1NCCCC1NC(=O)C(c1ccccc1)N1CCCCC1=O. The number of nitrogens with one attached hydrogen (secondary N) is 2. The Morgan fingerprint density at radius 3 is 2.75 bits per heavy atom. The molecule has 2 heterocycles. The maximum absolute atomic E-state index is 13.1. The van der Waals surface area contributed by atoms with Crippen molar-refractivity contribution in [2.24, 2.45) is 0 Å².